The Morgan fingerprint density at radius 2 is 2.15 bits per heavy atom. The van der Waals surface area contributed by atoms with Crippen molar-refractivity contribution in [3.63, 3.8) is 0 Å². The maximum absolute atomic E-state index is 13.1. The van der Waals surface area contributed by atoms with Crippen LogP contribution >= 0.6 is 0 Å². The molecule has 0 spiro atoms. The van der Waals surface area contributed by atoms with Crippen LogP contribution in [0.2, 0.25) is 0 Å². The largest absolute Gasteiger partial charge is 0.397 e. The van der Waals surface area contributed by atoms with E-state index in [-0.39, 0.29) is 5.83 Å². The monoisotopic (exact) mass is 183 g/mol. The predicted octanol–water partition coefficient (Wildman–Crippen LogP) is 1.17. The fourth-order valence-corrected chi connectivity index (χ4v) is 1.20. The number of rotatable bonds is 1. The zero-order valence-corrected chi connectivity index (χ0v) is 7.84. The number of hydrazine groups is 1. The van der Waals surface area contributed by atoms with Gasteiger partial charge in [0.1, 0.15) is 5.83 Å². The van der Waals surface area contributed by atoms with Crippen molar-refractivity contribution < 1.29 is 4.39 Å². The molecule has 1 aliphatic carbocycles. The summed E-state index contributed by atoms with van der Waals surface area (Å²) in [6.07, 6.45) is 3.50. The molecule has 72 valence electrons. The van der Waals surface area contributed by atoms with Gasteiger partial charge in [-0.3, -0.25) is 0 Å². The normalized spacial score (nSPS) is 17.8. The van der Waals surface area contributed by atoms with Crippen LogP contribution in [0.1, 0.15) is 13.3 Å². The van der Waals surface area contributed by atoms with E-state index in [9.17, 15) is 4.39 Å². The number of nitrogens with zero attached hydrogens (tertiary/aromatic N) is 1. The summed E-state index contributed by atoms with van der Waals surface area (Å²) in [6, 6.07) is 0. The molecular formula is C9H14FN3. The Balaban J connectivity index is 3.06. The first-order valence-electron chi connectivity index (χ1n) is 4.03. The van der Waals surface area contributed by atoms with Crippen molar-refractivity contribution in [1.82, 2.24) is 5.01 Å². The summed E-state index contributed by atoms with van der Waals surface area (Å²) in [5, 5.41) is 1.41. The summed E-state index contributed by atoms with van der Waals surface area (Å²) < 4.78 is 13.1. The van der Waals surface area contributed by atoms with Gasteiger partial charge in [0.2, 0.25) is 0 Å². The number of allylic oxidation sites excluding steroid dienone is 4. The first kappa shape index (κ1) is 9.80. The number of hydrogen-bond acceptors (Lipinski definition) is 3. The lowest BCUT2D eigenvalue weighted by atomic mass is 10.2. The van der Waals surface area contributed by atoms with Crippen LogP contribution in [0.4, 0.5) is 4.39 Å². The molecule has 0 atom stereocenters. The smallest absolute Gasteiger partial charge is 0.122 e. The molecule has 0 bridgehead atoms. The molecule has 0 amide bonds. The van der Waals surface area contributed by atoms with Gasteiger partial charge in [-0.05, 0) is 24.6 Å². The highest BCUT2D eigenvalue weighted by Gasteiger charge is 2.10. The molecular weight excluding hydrogens is 169 g/mol. The maximum Gasteiger partial charge on any atom is 0.122 e. The van der Waals surface area contributed by atoms with Gasteiger partial charge in [-0.15, -0.1) is 0 Å². The first-order valence-corrected chi connectivity index (χ1v) is 4.03. The van der Waals surface area contributed by atoms with Gasteiger partial charge in [-0.1, -0.05) is 0 Å². The molecule has 0 radical (unpaired) electrons. The molecule has 3 nitrogen and oxygen atoms in total. The summed E-state index contributed by atoms with van der Waals surface area (Å²) in [5.74, 6) is 5.30. The summed E-state index contributed by atoms with van der Waals surface area (Å²) in [4.78, 5) is 0. The van der Waals surface area contributed by atoms with E-state index in [2.05, 4.69) is 0 Å². The van der Waals surface area contributed by atoms with Crippen molar-refractivity contribution in [2.24, 2.45) is 11.6 Å². The molecule has 13 heavy (non-hydrogen) atoms. The average Bonchev–Trinajstić information content (AvgIpc) is 2.13. The van der Waals surface area contributed by atoms with Crippen LogP contribution in [-0.4, -0.2) is 12.1 Å². The highest BCUT2D eigenvalue weighted by atomic mass is 19.1. The first-order chi connectivity index (χ1) is 6.02. The predicted molar refractivity (Wildman–Crippen MR) is 50.7 cm³/mol. The van der Waals surface area contributed by atoms with Crippen LogP contribution in [0, 0.1) is 0 Å². The van der Waals surface area contributed by atoms with Gasteiger partial charge < -0.3 is 10.7 Å². The Morgan fingerprint density at radius 1 is 1.54 bits per heavy atom. The zero-order chi connectivity index (χ0) is 10.0. The van der Waals surface area contributed by atoms with Gasteiger partial charge in [-0.2, -0.15) is 0 Å². The van der Waals surface area contributed by atoms with Crippen LogP contribution < -0.4 is 11.6 Å². The van der Waals surface area contributed by atoms with Gasteiger partial charge in [0.05, 0.1) is 11.4 Å². The van der Waals surface area contributed by atoms with Gasteiger partial charge >= 0.3 is 0 Å². The molecule has 0 heterocycles. The lowest BCUT2D eigenvalue weighted by molar-refractivity contribution is 0.427. The molecule has 0 saturated carbocycles. The molecule has 0 saturated heterocycles. The molecule has 1 aliphatic rings. The van der Waals surface area contributed by atoms with Crippen molar-refractivity contribution >= 4 is 0 Å². The quantitative estimate of drug-likeness (QED) is 0.474. The molecule has 0 aromatic carbocycles. The number of hydrogen-bond donors (Lipinski definition) is 2. The lowest BCUT2D eigenvalue weighted by Crippen LogP contribution is -2.27. The molecule has 0 aliphatic heterocycles. The Hall–Kier alpha value is -1.29. The van der Waals surface area contributed by atoms with E-state index in [4.69, 9.17) is 11.6 Å². The summed E-state index contributed by atoms with van der Waals surface area (Å²) in [6.45, 7) is 1.68. The topological polar surface area (TPSA) is 55.3 Å². The van der Waals surface area contributed by atoms with Gasteiger partial charge in [0.15, 0.2) is 0 Å². The summed E-state index contributed by atoms with van der Waals surface area (Å²) >= 11 is 0. The van der Waals surface area contributed by atoms with Crippen LogP contribution in [0.3, 0.4) is 0 Å². The molecule has 0 fully saturated rings. The Morgan fingerprint density at radius 3 is 2.69 bits per heavy atom. The third-order valence-corrected chi connectivity index (χ3v) is 1.98. The fourth-order valence-electron chi connectivity index (χ4n) is 1.20. The standard InChI is InChI=1S/C9H14FN3/c1-6-5-8(11)9(13(2)12)4-3-7(6)10/h3,5H,4,11-12H2,1-2H3. The minimum Gasteiger partial charge on any atom is -0.397 e. The van der Waals surface area contributed by atoms with Crippen LogP contribution in [0.5, 0.6) is 0 Å². The Bertz CT molecular complexity index is 300. The third-order valence-electron chi connectivity index (χ3n) is 1.98. The Labute approximate surface area is 77.2 Å². The van der Waals surface area contributed by atoms with E-state index in [0.717, 1.165) is 5.70 Å². The molecule has 4 N–H and O–H groups in total. The molecule has 0 aromatic rings. The third kappa shape index (κ3) is 2.09. The lowest BCUT2D eigenvalue weighted by Gasteiger charge is -2.16. The van der Waals surface area contributed by atoms with E-state index < -0.39 is 0 Å². The second-order valence-corrected chi connectivity index (χ2v) is 3.10. The second-order valence-electron chi connectivity index (χ2n) is 3.10. The second kappa shape index (κ2) is 3.62. The minimum absolute atomic E-state index is 0.236. The summed E-state index contributed by atoms with van der Waals surface area (Å²) in [5.41, 5.74) is 7.50. The van der Waals surface area contributed by atoms with Crippen molar-refractivity contribution in [3.05, 3.63) is 34.9 Å². The van der Waals surface area contributed by atoms with Crippen LogP contribution in [0.25, 0.3) is 0 Å². The molecule has 0 aromatic heterocycles. The Kier molecular flexibility index (Phi) is 2.72. The van der Waals surface area contributed by atoms with Crippen molar-refractivity contribution in [2.75, 3.05) is 7.05 Å². The van der Waals surface area contributed by atoms with Gasteiger partial charge in [0.25, 0.3) is 0 Å². The number of nitrogens with two attached hydrogens (primary N) is 2. The minimum atomic E-state index is -0.236. The van der Waals surface area contributed by atoms with Crippen molar-refractivity contribution in [1.29, 1.82) is 0 Å². The van der Waals surface area contributed by atoms with Crippen molar-refractivity contribution in [3.8, 4) is 0 Å². The summed E-state index contributed by atoms with van der Waals surface area (Å²) in [7, 11) is 1.68. The van der Waals surface area contributed by atoms with Crippen LogP contribution in [-0.2, 0) is 0 Å². The highest BCUT2D eigenvalue weighted by Crippen LogP contribution is 2.21. The molecule has 1 rings (SSSR count). The van der Waals surface area contributed by atoms with E-state index in [1.807, 2.05) is 0 Å². The van der Waals surface area contributed by atoms with E-state index in [0.29, 0.717) is 17.7 Å². The molecule has 0 unspecified atom stereocenters. The highest BCUT2D eigenvalue weighted by molar-refractivity contribution is 5.37. The zero-order valence-electron chi connectivity index (χ0n) is 7.84. The van der Waals surface area contributed by atoms with Gasteiger partial charge in [0, 0.05) is 13.5 Å². The maximum atomic E-state index is 13.1. The van der Waals surface area contributed by atoms with Gasteiger partial charge in [-0.25, -0.2) is 10.2 Å². The van der Waals surface area contributed by atoms with E-state index >= 15 is 0 Å². The number of halogens is 1. The van der Waals surface area contributed by atoms with E-state index in [1.54, 1.807) is 20.0 Å². The molecule has 4 heteroatoms. The average molecular weight is 183 g/mol. The van der Waals surface area contributed by atoms with Crippen LogP contribution in [0.15, 0.2) is 34.9 Å². The fraction of sp³-hybridized carbons (Fsp3) is 0.333. The van der Waals surface area contributed by atoms with E-state index in [1.165, 1.54) is 11.1 Å². The van der Waals surface area contributed by atoms with Crippen molar-refractivity contribution in [2.45, 2.75) is 13.3 Å². The SMILES string of the molecule is CC1=CC(N)=C(N(C)N)CC=C1F.